The van der Waals surface area contributed by atoms with Gasteiger partial charge in [0, 0.05) is 38.4 Å². The van der Waals surface area contributed by atoms with Crippen molar-refractivity contribution in [3.05, 3.63) is 84.7 Å². The van der Waals surface area contributed by atoms with Crippen molar-refractivity contribution in [1.29, 1.82) is 0 Å². The first-order chi connectivity index (χ1) is 15.4. The van der Waals surface area contributed by atoms with Crippen LogP contribution in [0.25, 0.3) is 16.8 Å². The summed E-state index contributed by atoms with van der Waals surface area (Å²) in [4.78, 5) is 25.2. The van der Waals surface area contributed by atoms with Crippen LogP contribution >= 0.6 is 0 Å². The zero-order valence-corrected chi connectivity index (χ0v) is 17.8. The van der Waals surface area contributed by atoms with E-state index in [1.807, 2.05) is 7.05 Å². The molecule has 1 amide bonds. The molecule has 0 spiro atoms. The van der Waals surface area contributed by atoms with Gasteiger partial charge >= 0.3 is 0 Å². The molecule has 0 aliphatic carbocycles. The fourth-order valence-electron chi connectivity index (χ4n) is 3.41. The third-order valence-electron chi connectivity index (χ3n) is 5.20. The van der Waals surface area contributed by atoms with E-state index in [0.29, 0.717) is 11.3 Å². The largest absolute Gasteiger partial charge is 0.348 e. The molecule has 0 unspecified atom stereocenters. The number of rotatable bonds is 5. The highest BCUT2D eigenvalue weighted by atomic mass is 32.2. The maximum Gasteiger partial charge on any atom is 0.254 e. The average molecular weight is 446 g/mol. The van der Waals surface area contributed by atoms with Gasteiger partial charge in [0.15, 0.2) is 0 Å². The predicted molar refractivity (Wildman–Crippen MR) is 117 cm³/mol. The normalized spacial score (nSPS) is 11.8. The second kappa shape index (κ2) is 7.57. The molecule has 3 aromatic heterocycles. The van der Waals surface area contributed by atoms with Crippen molar-refractivity contribution in [1.82, 2.24) is 29.2 Å². The second-order valence-electron chi connectivity index (χ2n) is 7.31. The molecule has 2 aromatic carbocycles. The summed E-state index contributed by atoms with van der Waals surface area (Å²) in [7, 11) is -1.86. The van der Waals surface area contributed by atoms with E-state index in [0.717, 1.165) is 16.6 Å². The van der Waals surface area contributed by atoms with Gasteiger partial charge in [0.1, 0.15) is 0 Å². The summed E-state index contributed by atoms with van der Waals surface area (Å²) in [5.74, 6) is 0.232. The molecule has 0 atom stereocenters. The third-order valence-corrected chi connectivity index (χ3v) is 6.97. The molecule has 0 saturated carbocycles. The third kappa shape index (κ3) is 3.50. The van der Waals surface area contributed by atoms with Crippen molar-refractivity contribution in [3.8, 4) is 0 Å². The highest BCUT2D eigenvalue weighted by Crippen LogP contribution is 2.24. The summed E-state index contributed by atoms with van der Waals surface area (Å²) in [6.45, 7) is 0.252. The Morgan fingerprint density at radius 3 is 2.62 bits per heavy atom. The van der Waals surface area contributed by atoms with E-state index in [1.54, 1.807) is 76.4 Å². The van der Waals surface area contributed by atoms with Gasteiger partial charge in [-0.05, 0) is 35.9 Å². The van der Waals surface area contributed by atoms with Crippen LogP contribution in [0.1, 0.15) is 15.9 Å². The number of sulfone groups is 1. The van der Waals surface area contributed by atoms with Crippen LogP contribution in [0.3, 0.4) is 0 Å². The topological polar surface area (TPSA) is 111 Å². The van der Waals surface area contributed by atoms with Crippen LogP contribution in [0.15, 0.2) is 83.4 Å². The molecule has 0 bridgehead atoms. The number of aromatic nitrogens is 5. The van der Waals surface area contributed by atoms with Gasteiger partial charge in [0.25, 0.3) is 5.91 Å². The van der Waals surface area contributed by atoms with E-state index < -0.39 is 9.84 Å². The van der Waals surface area contributed by atoms with Crippen molar-refractivity contribution >= 4 is 32.6 Å². The van der Waals surface area contributed by atoms with Gasteiger partial charge in [-0.3, -0.25) is 9.20 Å². The number of nitrogens with one attached hydrogen (secondary N) is 1. The highest BCUT2D eigenvalue weighted by molar-refractivity contribution is 7.91. The first-order valence-corrected chi connectivity index (χ1v) is 11.2. The van der Waals surface area contributed by atoms with Gasteiger partial charge in [0.05, 0.1) is 32.7 Å². The minimum Gasteiger partial charge on any atom is -0.348 e. The SMILES string of the molecule is Cn1cnc2ccc(S(=O)(=O)c3ccc(CNC(=O)c4cnc5nccn5c4)cc3)cc21. The summed E-state index contributed by atoms with van der Waals surface area (Å²) in [6.07, 6.45) is 8.08. The van der Waals surface area contributed by atoms with Crippen LogP contribution in [0.5, 0.6) is 0 Å². The lowest BCUT2D eigenvalue weighted by Gasteiger charge is -2.08. The number of aryl methyl sites for hydroxylation is 1. The molecular formula is C22H18N6O3S. The van der Waals surface area contributed by atoms with Crippen molar-refractivity contribution in [3.63, 3.8) is 0 Å². The lowest BCUT2D eigenvalue weighted by atomic mass is 10.2. The molecular weight excluding hydrogens is 428 g/mol. The number of fused-ring (bicyclic) bond motifs is 2. The maximum absolute atomic E-state index is 13.0. The van der Waals surface area contributed by atoms with E-state index in [-0.39, 0.29) is 22.2 Å². The van der Waals surface area contributed by atoms with Gasteiger partial charge < -0.3 is 9.88 Å². The Bertz CT molecular complexity index is 1570. The van der Waals surface area contributed by atoms with Crippen LogP contribution in [-0.2, 0) is 23.4 Å². The van der Waals surface area contributed by atoms with Gasteiger partial charge in [-0.1, -0.05) is 12.1 Å². The predicted octanol–water partition coefficient (Wildman–Crippen LogP) is 2.38. The van der Waals surface area contributed by atoms with Crippen molar-refractivity contribution in [2.45, 2.75) is 16.3 Å². The first-order valence-electron chi connectivity index (χ1n) is 9.74. The summed E-state index contributed by atoms with van der Waals surface area (Å²) in [5, 5.41) is 2.81. The number of imidazole rings is 2. The Kier molecular flexibility index (Phi) is 4.71. The van der Waals surface area contributed by atoms with Crippen LogP contribution in [0.4, 0.5) is 0 Å². The molecule has 0 fully saturated rings. The molecule has 10 heteroatoms. The monoisotopic (exact) mass is 446 g/mol. The van der Waals surface area contributed by atoms with E-state index in [4.69, 9.17) is 0 Å². The lowest BCUT2D eigenvalue weighted by Crippen LogP contribution is -2.23. The molecule has 3 heterocycles. The molecule has 1 N–H and O–H groups in total. The van der Waals surface area contributed by atoms with Gasteiger partial charge in [-0.25, -0.2) is 23.4 Å². The summed E-state index contributed by atoms with van der Waals surface area (Å²) in [6, 6.07) is 11.3. The molecule has 160 valence electrons. The zero-order chi connectivity index (χ0) is 22.3. The number of hydrogen-bond acceptors (Lipinski definition) is 6. The number of carbonyl (C=O) groups is 1. The molecule has 0 aliphatic heterocycles. The average Bonchev–Trinajstić information content (AvgIpc) is 3.43. The van der Waals surface area contributed by atoms with Gasteiger partial charge in [-0.2, -0.15) is 0 Å². The molecule has 0 saturated heterocycles. The van der Waals surface area contributed by atoms with Crippen LogP contribution in [-0.4, -0.2) is 38.2 Å². The highest BCUT2D eigenvalue weighted by Gasteiger charge is 2.19. The zero-order valence-electron chi connectivity index (χ0n) is 17.0. The number of carbonyl (C=O) groups excluding carboxylic acids is 1. The van der Waals surface area contributed by atoms with Gasteiger partial charge in [0.2, 0.25) is 15.6 Å². The lowest BCUT2D eigenvalue weighted by molar-refractivity contribution is 0.0950. The molecule has 32 heavy (non-hydrogen) atoms. The van der Waals surface area contributed by atoms with Crippen molar-refractivity contribution in [2.24, 2.45) is 7.05 Å². The van der Waals surface area contributed by atoms with Gasteiger partial charge in [-0.15, -0.1) is 0 Å². The number of nitrogens with zero attached hydrogens (tertiary/aromatic N) is 5. The molecule has 9 nitrogen and oxygen atoms in total. The first kappa shape index (κ1) is 19.9. The number of amides is 1. The quantitative estimate of drug-likeness (QED) is 0.444. The van der Waals surface area contributed by atoms with Crippen LogP contribution in [0.2, 0.25) is 0 Å². The minimum atomic E-state index is -3.68. The Hall–Kier alpha value is -4.05. The van der Waals surface area contributed by atoms with E-state index >= 15 is 0 Å². The van der Waals surface area contributed by atoms with E-state index in [2.05, 4.69) is 20.3 Å². The fourth-order valence-corrected chi connectivity index (χ4v) is 4.69. The van der Waals surface area contributed by atoms with Crippen molar-refractivity contribution < 1.29 is 13.2 Å². The molecule has 0 radical (unpaired) electrons. The summed E-state index contributed by atoms with van der Waals surface area (Å²) >= 11 is 0. The Morgan fingerprint density at radius 2 is 1.81 bits per heavy atom. The Labute approximate surface area is 183 Å². The Morgan fingerprint density at radius 1 is 1.03 bits per heavy atom. The van der Waals surface area contributed by atoms with Crippen LogP contribution < -0.4 is 5.32 Å². The van der Waals surface area contributed by atoms with Crippen molar-refractivity contribution in [2.75, 3.05) is 0 Å². The Balaban J connectivity index is 1.31. The fraction of sp³-hybridized carbons (Fsp3) is 0.0909. The smallest absolute Gasteiger partial charge is 0.254 e. The molecule has 0 aliphatic rings. The standard InChI is InChI=1S/C22H18N6O3S/c1-27-14-26-19-7-6-18(10-20(19)27)32(30,31)17-4-2-15(3-5-17)11-24-21(29)16-12-25-22-23-8-9-28(22)13-16/h2-10,12-14H,11H2,1H3,(H,24,29). The summed E-state index contributed by atoms with van der Waals surface area (Å²) in [5.41, 5.74) is 2.66. The van der Waals surface area contributed by atoms with E-state index in [9.17, 15) is 13.2 Å². The maximum atomic E-state index is 13.0. The summed E-state index contributed by atoms with van der Waals surface area (Å²) < 4.78 is 29.5. The molecule has 5 aromatic rings. The van der Waals surface area contributed by atoms with E-state index in [1.165, 1.54) is 6.20 Å². The number of hydrogen-bond donors (Lipinski definition) is 1. The molecule has 5 rings (SSSR count). The number of benzene rings is 2. The van der Waals surface area contributed by atoms with Crippen LogP contribution in [0, 0.1) is 0 Å². The second-order valence-corrected chi connectivity index (χ2v) is 9.26. The minimum absolute atomic E-state index is 0.184.